The summed E-state index contributed by atoms with van der Waals surface area (Å²) >= 11 is 0. The topological polar surface area (TPSA) is 102 Å². The molecule has 0 spiro atoms. The predicted octanol–water partition coefficient (Wildman–Crippen LogP) is 3.46. The van der Waals surface area contributed by atoms with Gasteiger partial charge in [-0.15, -0.1) is 0 Å². The van der Waals surface area contributed by atoms with Crippen molar-refractivity contribution in [2.75, 3.05) is 18.0 Å². The third-order valence-corrected chi connectivity index (χ3v) is 5.81. The number of rotatable bonds is 7. The van der Waals surface area contributed by atoms with E-state index in [0.29, 0.717) is 42.6 Å². The number of nitrogens with one attached hydrogen (secondary N) is 1. The van der Waals surface area contributed by atoms with Crippen LogP contribution in [0.1, 0.15) is 28.9 Å². The van der Waals surface area contributed by atoms with Crippen molar-refractivity contribution in [1.29, 1.82) is 5.26 Å². The van der Waals surface area contributed by atoms with E-state index in [-0.39, 0.29) is 24.0 Å². The number of amides is 1. The first-order valence-electron chi connectivity index (χ1n) is 11.0. The van der Waals surface area contributed by atoms with Crippen LogP contribution in [0.25, 0.3) is 11.3 Å². The van der Waals surface area contributed by atoms with Gasteiger partial charge in [0, 0.05) is 24.7 Å². The molecule has 1 amide bonds. The Morgan fingerprint density at radius 1 is 1.11 bits per heavy atom. The Bertz CT molecular complexity index is 1240. The number of aliphatic hydroxyl groups is 1. The van der Waals surface area contributed by atoms with Crippen LogP contribution >= 0.6 is 0 Å². The third kappa shape index (κ3) is 5.58. The molecule has 3 aromatic rings. The molecule has 7 nitrogen and oxygen atoms in total. The van der Waals surface area contributed by atoms with Gasteiger partial charge in [0.2, 0.25) is 11.7 Å². The summed E-state index contributed by atoms with van der Waals surface area (Å²) in [7, 11) is 0. The summed E-state index contributed by atoms with van der Waals surface area (Å²) in [5, 5.41) is 20.9. The average Bonchev–Trinajstić information content (AvgIpc) is 2.83. The van der Waals surface area contributed by atoms with E-state index >= 15 is 0 Å². The van der Waals surface area contributed by atoms with Crippen LogP contribution in [0.4, 0.5) is 19.0 Å². The SMILES string of the molecule is N#Cc1ccc(CCNC(=O)C2CCN2c2cc(-c3ccc(CO)cc3)nc(C(F)(F)F)n2)cc1. The molecule has 1 aliphatic rings. The van der Waals surface area contributed by atoms with E-state index in [1.165, 1.54) is 6.07 Å². The second-order valence-electron chi connectivity index (χ2n) is 8.14. The lowest BCUT2D eigenvalue weighted by atomic mass is 10.0. The molecule has 2 N–H and O–H groups in total. The summed E-state index contributed by atoms with van der Waals surface area (Å²) in [6.45, 7) is 0.568. The van der Waals surface area contributed by atoms with Crippen LogP contribution in [0, 0.1) is 11.3 Å². The van der Waals surface area contributed by atoms with E-state index in [9.17, 15) is 23.1 Å². The van der Waals surface area contributed by atoms with Crippen molar-refractivity contribution in [3.8, 4) is 17.3 Å². The lowest BCUT2D eigenvalue weighted by molar-refractivity contribution is -0.144. The lowest BCUT2D eigenvalue weighted by Crippen LogP contribution is -2.57. The number of carbonyl (C=O) groups is 1. The minimum atomic E-state index is -4.75. The number of hydrogen-bond donors (Lipinski definition) is 2. The van der Waals surface area contributed by atoms with Gasteiger partial charge in [-0.2, -0.15) is 18.4 Å². The molecule has 0 bridgehead atoms. The van der Waals surface area contributed by atoms with Crippen molar-refractivity contribution < 1.29 is 23.1 Å². The molecule has 0 saturated carbocycles. The number of nitrogens with zero attached hydrogens (tertiary/aromatic N) is 4. The Labute approximate surface area is 199 Å². The Hall–Kier alpha value is -3.97. The quantitative estimate of drug-likeness (QED) is 0.536. The highest BCUT2D eigenvalue weighted by Gasteiger charge is 2.39. The Morgan fingerprint density at radius 3 is 2.37 bits per heavy atom. The van der Waals surface area contributed by atoms with Gasteiger partial charge in [-0.3, -0.25) is 4.79 Å². The Kier molecular flexibility index (Phi) is 6.98. The number of alkyl halides is 3. The minimum absolute atomic E-state index is 0.0343. The molecule has 180 valence electrons. The molecule has 1 unspecified atom stereocenters. The maximum Gasteiger partial charge on any atom is 0.451 e. The minimum Gasteiger partial charge on any atom is -0.392 e. The van der Waals surface area contributed by atoms with Gasteiger partial charge in [-0.25, -0.2) is 9.97 Å². The molecule has 4 rings (SSSR count). The van der Waals surface area contributed by atoms with Crippen LogP contribution in [0.5, 0.6) is 0 Å². The van der Waals surface area contributed by atoms with Gasteiger partial charge in [0.1, 0.15) is 11.9 Å². The summed E-state index contributed by atoms with van der Waals surface area (Å²) in [6.07, 6.45) is -3.70. The number of benzene rings is 2. The first-order valence-corrected chi connectivity index (χ1v) is 11.0. The maximum atomic E-state index is 13.5. The fraction of sp³-hybridized carbons (Fsp3) is 0.280. The van der Waals surface area contributed by atoms with Gasteiger partial charge >= 0.3 is 6.18 Å². The average molecular weight is 481 g/mol. The Morgan fingerprint density at radius 2 is 1.80 bits per heavy atom. The standard InChI is InChI=1S/C25H22F3N5O2/c26-25(27,28)24-31-20(19-7-5-18(15-34)6-8-19)13-22(32-24)33-12-10-21(33)23(35)30-11-9-16-1-3-17(14-29)4-2-16/h1-8,13,21,34H,9-12,15H2,(H,30,35). The molecule has 0 radical (unpaired) electrons. The van der Waals surface area contributed by atoms with Crippen molar-refractivity contribution in [3.63, 3.8) is 0 Å². The molecule has 2 aromatic carbocycles. The molecule has 1 saturated heterocycles. The summed E-state index contributed by atoms with van der Waals surface area (Å²) < 4.78 is 40.6. The smallest absolute Gasteiger partial charge is 0.392 e. The number of halogens is 3. The van der Waals surface area contributed by atoms with Crippen molar-refractivity contribution in [2.45, 2.75) is 31.7 Å². The number of aromatic nitrogens is 2. The van der Waals surface area contributed by atoms with E-state index in [1.54, 1.807) is 41.3 Å². The van der Waals surface area contributed by atoms with Crippen molar-refractivity contribution >= 4 is 11.7 Å². The van der Waals surface area contributed by atoms with Gasteiger partial charge in [-0.05, 0) is 36.1 Å². The largest absolute Gasteiger partial charge is 0.451 e. The fourth-order valence-electron chi connectivity index (χ4n) is 3.77. The van der Waals surface area contributed by atoms with Crippen LogP contribution < -0.4 is 10.2 Å². The summed E-state index contributed by atoms with van der Waals surface area (Å²) in [5.74, 6) is -1.53. The normalized spacial score (nSPS) is 15.3. The molecule has 0 aliphatic carbocycles. The van der Waals surface area contributed by atoms with Gasteiger partial charge in [0.05, 0.1) is 23.9 Å². The van der Waals surface area contributed by atoms with Crippen LogP contribution in [-0.4, -0.2) is 40.1 Å². The maximum absolute atomic E-state index is 13.5. The second-order valence-corrected chi connectivity index (χ2v) is 8.14. The number of nitriles is 1. The molecular weight excluding hydrogens is 459 g/mol. The molecule has 1 atom stereocenters. The first-order chi connectivity index (χ1) is 16.8. The van der Waals surface area contributed by atoms with Gasteiger partial charge in [0.15, 0.2) is 0 Å². The lowest BCUT2D eigenvalue weighted by Gasteiger charge is -2.40. The molecular formula is C25H22F3N5O2. The molecule has 1 aromatic heterocycles. The molecule has 35 heavy (non-hydrogen) atoms. The molecule has 1 aliphatic heterocycles. The highest BCUT2D eigenvalue weighted by Crippen LogP contribution is 2.33. The monoisotopic (exact) mass is 481 g/mol. The molecule has 2 heterocycles. The van der Waals surface area contributed by atoms with Gasteiger partial charge in [0.25, 0.3) is 0 Å². The zero-order valence-corrected chi connectivity index (χ0v) is 18.6. The van der Waals surface area contributed by atoms with Gasteiger partial charge in [-0.1, -0.05) is 36.4 Å². The molecule has 10 heteroatoms. The van der Waals surface area contributed by atoms with Crippen LogP contribution in [-0.2, 0) is 24.0 Å². The van der Waals surface area contributed by atoms with E-state index in [4.69, 9.17) is 5.26 Å². The highest BCUT2D eigenvalue weighted by atomic mass is 19.4. The highest BCUT2D eigenvalue weighted by molar-refractivity contribution is 5.87. The third-order valence-electron chi connectivity index (χ3n) is 5.81. The zero-order valence-electron chi connectivity index (χ0n) is 18.6. The first kappa shape index (κ1) is 24.2. The van der Waals surface area contributed by atoms with Crippen LogP contribution in [0.2, 0.25) is 0 Å². The summed E-state index contributed by atoms with van der Waals surface area (Å²) in [6, 6.07) is 16.3. The molecule has 1 fully saturated rings. The predicted molar refractivity (Wildman–Crippen MR) is 122 cm³/mol. The van der Waals surface area contributed by atoms with Crippen LogP contribution in [0.3, 0.4) is 0 Å². The number of anilines is 1. The van der Waals surface area contributed by atoms with E-state index in [2.05, 4.69) is 15.3 Å². The van der Waals surface area contributed by atoms with Crippen molar-refractivity contribution in [2.24, 2.45) is 0 Å². The number of aliphatic hydroxyl groups excluding tert-OH is 1. The zero-order chi connectivity index (χ0) is 25.0. The number of hydrogen-bond acceptors (Lipinski definition) is 6. The van der Waals surface area contributed by atoms with Crippen molar-refractivity contribution in [1.82, 2.24) is 15.3 Å². The number of carbonyl (C=O) groups excluding carboxylic acids is 1. The Balaban J connectivity index is 1.48. The van der Waals surface area contributed by atoms with E-state index in [0.717, 1.165) is 5.56 Å². The fourth-order valence-corrected chi connectivity index (χ4v) is 3.77. The van der Waals surface area contributed by atoms with Crippen molar-refractivity contribution in [3.05, 3.63) is 77.1 Å². The summed E-state index contributed by atoms with van der Waals surface area (Å²) in [4.78, 5) is 21.7. The van der Waals surface area contributed by atoms with E-state index < -0.39 is 18.0 Å². The van der Waals surface area contributed by atoms with E-state index in [1.807, 2.05) is 18.2 Å². The van der Waals surface area contributed by atoms with Crippen LogP contribution in [0.15, 0.2) is 54.6 Å². The second kappa shape index (κ2) is 10.1. The summed E-state index contributed by atoms with van der Waals surface area (Å²) in [5.41, 5.74) is 2.66. The van der Waals surface area contributed by atoms with Gasteiger partial charge < -0.3 is 15.3 Å².